The van der Waals surface area contributed by atoms with Crippen molar-refractivity contribution in [3.8, 4) is 17.2 Å². The van der Waals surface area contributed by atoms with Crippen molar-refractivity contribution in [3.63, 3.8) is 0 Å². The fourth-order valence-corrected chi connectivity index (χ4v) is 4.56. The van der Waals surface area contributed by atoms with Gasteiger partial charge in [0.2, 0.25) is 11.7 Å². The van der Waals surface area contributed by atoms with Crippen LogP contribution in [0.25, 0.3) is 11.2 Å². The number of hydrogen-bond donors (Lipinski definition) is 3. The SMILES string of the molecule is COc1cc(Nc2nc3ncnc(NC4CCN(Cc5ccccc5)CC4)c3[nH]2)cc(OC)c1OC. The quantitative estimate of drug-likeness (QED) is 0.319. The van der Waals surface area contributed by atoms with Crippen molar-refractivity contribution >= 4 is 28.6 Å². The van der Waals surface area contributed by atoms with Gasteiger partial charge in [-0.25, -0.2) is 9.97 Å². The van der Waals surface area contributed by atoms with Crippen molar-refractivity contribution in [2.24, 2.45) is 0 Å². The highest BCUT2D eigenvalue weighted by Crippen LogP contribution is 2.40. The number of H-pyrrole nitrogens is 1. The maximum atomic E-state index is 5.45. The van der Waals surface area contributed by atoms with E-state index in [1.54, 1.807) is 27.7 Å². The number of rotatable bonds is 9. The summed E-state index contributed by atoms with van der Waals surface area (Å²) in [4.78, 5) is 19.2. The molecule has 2 aromatic carbocycles. The minimum Gasteiger partial charge on any atom is -0.493 e. The van der Waals surface area contributed by atoms with Crippen LogP contribution in [0.1, 0.15) is 18.4 Å². The molecule has 36 heavy (non-hydrogen) atoms. The molecule has 188 valence electrons. The summed E-state index contributed by atoms with van der Waals surface area (Å²) in [6, 6.07) is 14.6. The van der Waals surface area contributed by atoms with Crippen LogP contribution in [0, 0.1) is 0 Å². The Kier molecular flexibility index (Phi) is 7.03. The second-order valence-electron chi connectivity index (χ2n) is 8.73. The molecule has 2 aromatic heterocycles. The van der Waals surface area contributed by atoms with Crippen LogP contribution in [-0.2, 0) is 6.54 Å². The van der Waals surface area contributed by atoms with Gasteiger partial charge in [0.25, 0.3) is 0 Å². The third-order valence-corrected chi connectivity index (χ3v) is 6.39. The van der Waals surface area contributed by atoms with Crippen molar-refractivity contribution in [1.82, 2.24) is 24.8 Å². The highest BCUT2D eigenvalue weighted by Gasteiger charge is 2.21. The van der Waals surface area contributed by atoms with Gasteiger partial charge in [0.1, 0.15) is 11.8 Å². The van der Waals surface area contributed by atoms with Gasteiger partial charge in [-0.1, -0.05) is 30.3 Å². The molecule has 1 aliphatic rings. The lowest BCUT2D eigenvalue weighted by atomic mass is 10.0. The monoisotopic (exact) mass is 489 g/mol. The van der Waals surface area contributed by atoms with E-state index in [1.807, 2.05) is 12.1 Å². The fraction of sp³-hybridized carbons (Fsp3) is 0.346. The lowest BCUT2D eigenvalue weighted by Crippen LogP contribution is -2.38. The molecule has 5 rings (SSSR count). The standard InChI is InChI=1S/C26H31N7O3/c1-34-20-13-19(14-21(35-2)23(20)36-3)30-26-31-22-24(27-16-28-25(22)32-26)29-18-9-11-33(12-10-18)15-17-7-5-4-6-8-17/h4-8,13-14,16,18H,9-12,15H2,1-3H3,(H3,27,28,29,30,31,32). The van der Waals surface area contributed by atoms with Gasteiger partial charge in [-0.05, 0) is 18.4 Å². The van der Waals surface area contributed by atoms with Crippen LogP contribution < -0.4 is 24.8 Å². The van der Waals surface area contributed by atoms with Gasteiger partial charge in [-0.15, -0.1) is 0 Å². The van der Waals surface area contributed by atoms with Crippen LogP contribution in [0.5, 0.6) is 17.2 Å². The largest absolute Gasteiger partial charge is 0.493 e. The predicted octanol–water partition coefficient (Wildman–Crippen LogP) is 4.20. The van der Waals surface area contributed by atoms with Gasteiger partial charge in [-0.3, -0.25) is 4.90 Å². The molecule has 0 radical (unpaired) electrons. The van der Waals surface area contributed by atoms with E-state index in [2.05, 4.69) is 65.8 Å². The van der Waals surface area contributed by atoms with E-state index in [-0.39, 0.29) is 0 Å². The van der Waals surface area contributed by atoms with E-state index in [1.165, 1.54) is 5.56 Å². The molecule has 0 spiro atoms. The number of fused-ring (bicyclic) bond motifs is 1. The second-order valence-corrected chi connectivity index (χ2v) is 8.73. The normalized spacial score (nSPS) is 14.5. The summed E-state index contributed by atoms with van der Waals surface area (Å²) in [7, 11) is 4.75. The molecule has 0 aliphatic carbocycles. The van der Waals surface area contributed by atoms with Gasteiger partial charge in [0, 0.05) is 43.5 Å². The van der Waals surface area contributed by atoms with Crippen molar-refractivity contribution in [2.75, 3.05) is 45.1 Å². The van der Waals surface area contributed by atoms with E-state index >= 15 is 0 Å². The minimum absolute atomic E-state index is 0.338. The van der Waals surface area contributed by atoms with E-state index in [0.29, 0.717) is 34.9 Å². The van der Waals surface area contributed by atoms with Crippen LogP contribution in [-0.4, -0.2) is 65.3 Å². The number of nitrogens with one attached hydrogen (secondary N) is 3. The summed E-state index contributed by atoms with van der Waals surface area (Å²) in [5.41, 5.74) is 3.44. The number of anilines is 3. The molecule has 3 N–H and O–H groups in total. The number of piperidine rings is 1. The Labute approximate surface area is 210 Å². The van der Waals surface area contributed by atoms with Crippen molar-refractivity contribution in [2.45, 2.75) is 25.4 Å². The molecule has 4 aromatic rings. The molecule has 0 saturated carbocycles. The number of likely N-dealkylation sites (tertiary alicyclic amines) is 1. The zero-order chi connectivity index (χ0) is 24.9. The Morgan fingerprint density at radius 2 is 1.69 bits per heavy atom. The Morgan fingerprint density at radius 3 is 2.36 bits per heavy atom. The van der Waals surface area contributed by atoms with Crippen molar-refractivity contribution in [1.29, 1.82) is 0 Å². The summed E-state index contributed by atoms with van der Waals surface area (Å²) in [6.45, 7) is 3.07. The molecule has 10 nitrogen and oxygen atoms in total. The summed E-state index contributed by atoms with van der Waals surface area (Å²) in [5, 5.41) is 6.87. The Balaban J connectivity index is 1.27. The van der Waals surface area contributed by atoms with Crippen LogP contribution in [0.2, 0.25) is 0 Å². The molecular formula is C26H31N7O3. The molecule has 0 atom stereocenters. The maximum Gasteiger partial charge on any atom is 0.207 e. The van der Waals surface area contributed by atoms with E-state index in [0.717, 1.165) is 49.5 Å². The number of aromatic nitrogens is 4. The molecule has 0 unspecified atom stereocenters. The van der Waals surface area contributed by atoms with E-state index < -0.39 is 0 Å². The highest BCUT2D eigenvalue weighted by atomic mass is 16.5. The Morgan fingerprint density at radius 1 is 0.972 bits per heavy atom. The summed E-state index contributed by atoms with van der Waals surface area (Å²) in [6.07, 6.45) is 3.63. The number of nitrogens with zero attached hydrogens (tertiary/aromatic N) is 4. The van der Waals surface area contributed by atoms with Crippen LogP contribution >= 0.6 is 0 Å². The Bertz CT molecular complexity index is 1280. The first-order chi connectivity index (χ1) is 17.7. The molecule has 3 heterocycles. The molecule has 0 amide bonds. The minimum atomic E-state index is 0.338. The van der Waals surface area contributed by atoms with E-state index in [9.17, 15) is 0 Å². The highest BCUT2D eigenvalue weighted by molar-refractivity contribution is 5.85. The first-order valence-corrected chi connectivity index (χ1v) is 12.0. The molecule has 1 aliphatic heterocycles. The van der Waals surface area contributed by atoms with Gasteiger partial charge < -0.3 is 29.8 Å². The van der Waals surface area contributed by atoms with Gasteiger partial charge in [0.15, 0.2) is 23.0 Å². The number of benzene rings is 2. The molecule has 1 saturated heterocycles. The summed E-state index contributed by atoms with van der Waals surface area (Å²) < 4.78 is 16.3. The van der Waals surface area contributed by atoms with Gasteiger partial charge >= 0.3 is 0 Å². The smallest absolute Gasteiger partial charge is 0.207 e. The van der Waals surface area contributed by atoms with Crippen molar-refractivity contribution in [3.05, 3.63) is 54.4 Å². The average Bonchev–Trinajstić information content (AvgIpc) is 3.33. The van der Waals surface area contributed by atoms with Crippen molar-refractivity contribution < 1.29 is 14.2 Å². The maximum absolute atomic E-state index is 5.45. The zero-order valence-electron chi connectivity index (χ0n) is 20.7. The predicted molar refractivity (Wildman–Crippen MR) is 139 cm³/mol. The Hall–Kier alpha value is -4.05. The molecular weight excluding hydrogens is 458 g/mol. The second kappa shape index (κ2) is 10.7. The van der Waals surface area contributed by atoms with Crippen LogP contribution in [0.15, 0.2) is 48.8 Å². The summed E-state index contributed by atoms with van der Waals surface area (Å²) in [5.74, 6) is 2.93. The number of imidazole rings is 1. The lowest BCUT2D eigenvalue weighted by Gasteiger charge is -2.32. The van der Waals surface area contributed by atoms with E-state index in [4.69, 9.17) is 14.2 Å². The zero-order valence-corrected chi connectivity index (χ0v) is 20.7. The third-order valence-electron chi connectivity index (χ3n) is 6.39. The molecule has 1 fully saturated rings. The average molecular weight is 490 g/mol. The fourth-order valence-electron chi connectivity index (χ4n) is 4.56. The van der Waals surface area contributed by atoms with Gasteiger partial charge in [-0.2, -0.15) is 4.98 Å². The summed E-state index contributed by atoms with van der Waals surface area (Å²) >= 11 is 0. The van der Waals surface area contributed by atoms with Crippen LogP contribution in [0.3, 0.4) is 0 Å². The number of methoxy groups -OCH3 is 3. The van der Waals surface area contributed by atoms with Crippen LogP contribution in [0.4, 0.5) is 17.5 Å². The first-order valence-electron chi connectivity index (χ1n) is 12.0. The lowest BCUT2D eigenvalue weighted by molar-refractivity contribution is 0.211. The van der Waals surface area contributed by atoms with Gasteiger partial charge in [0.05, 0.1) is 21.3 Å². The number of ether oxygens (including phenoxy) is 3. The number of aromatic amines is 1. The third kappa shape index (κ3) is 5.13. The topological polar surface area (TPSA) is 109 Å². The first kappa shape index (κ1) is 23.7. The molecule has 10 heteroatoms. The number of hydrogen-bond acceptors (Lipinski definition) is 9. The molecule has 0 bridgehead atoms.